The third-order valence-corrected chi connectivity index (χ3v) is 4.83. The average Bonchev–Trinajstić information content (AvgIpc) is 3.18. The number of furan rings is 1. The first-order valence-electron chi connectivity index (χ1n) is 8.76. The fourth-order valence-corrected chi connectivity index (χ4v) is 3.46. The lowest BCUT2D eigenvalue weighted by Crippen LogP contribution is -2.10. The van der Waals surface area contributed by atoms with Crippen molar-refractivity contribution >= 4 is 51.1 Å². The van der Waals surface area contributed by atoms with Crippen LogP contribution in [0.5, 0.6) is 5.75 Å². The Morgan fingerprint density at radius 1 is 1.28 bits per heavy atom. The Bertz CT molecular complexity index is 1330. The minimum atomic E-state index is -0.271. The summed E-state index contributed by atoms with van der Waals surface area (Å²) in [6.45, 7) is 3.78. The highest BCUT2D eigenvalue weighted by Crippen LogP contribution is 2.37. The fourth-order valence-electron chi connectivity index (χ4n) is 3.28. The maximum absolute atomic E-state index is 13.3. The Balaban J connectivity index is 1.95. The summed E-state index contributed by atoms with van der Waals surface area (Å²) in [6.07, 6.45) is 6.52. The van der Waals surface area contributed by atoms with Gasteiger partial charge in [-0.2, -0.15) is 0 Å². The number of nitrogen functional groups attached to an aromatic ring is 1. The second-order valence-corrected chi connectivity index (χ2v) is 6.79. The quantitative estimate of drug-likeness (QED) is 0.276. The van der Waals surface area contributed by atoms with Crippen molar-refractivity contribution in [2.75, 3.05) is 12.8 Å². The van der Waals surface area contributed by atoms with E-state index in [2.05, 4.69) is 11.6 Å². The SMILES string of the molecule is C=CCc1c2occc2c(OC)c2c(=O)c(C=Nc3ccc(Cl)cc3N)coc12. The van der Waals surface area contributed by atoms with Gasteiger partial charge in [-0.05, 0) is 30.7 Å². The smallest absolute Gasteiger partial charge is 0.205 e. The van der Waals surface area contributed by atoms with E-state index in [1.807, 2.05) is 0 Å². The number of benzene rings is 2. The van der Waals surface area contributed by atoms with Crippen LogP contribution in [0.3, 0.4) is 0 Å². The predicted molar refractivity (Wildman–Crippen MR) is 116 cm³/mol. The third-order valence-electron chi connectivity index (χ3n) is 4.59. The molecule has 0 saturated carbocycles. The lowest BCUT2D eigenvalue weighted by Gasteiger charge is -2.10. The molecule has 0 aliphatic rings. The van der Waals surface area contributed by atoms with Crippen LogP contribution in [-0.2, 0) is 6.42 Å². The number of ether oxygens (including phenoxy) is 1. The molecule has 29 heavy (non-hydrogen) atoms. The molecular formula is C22H17ClN2O4. The maximum atomic E-state index is 13.3. The molecule has 0 atom stereocenters. The molecule has 0 saturated heterocycles. The van der Waals surface area contributed by atoms with Crippen LogP contribution in [0.4, 0.5) is 11.4 Å². The van der Waals surface area contributed by atoms with Crippen molar-refractivity contribution in [2.45, 2.75) is 6.42 Å². The van der Waals surface area contributed by atoms with Gasteiger partial charge in [0.2, 0.25) is 5.43 Å². The number of fused-ring (bicyclic) bond motifs is 2. The van der Waals surface area contributed by atoms with E-state index in [-0.39, 0.29) is 11.0 Å². The van der Waals surface area contributed by atoms with Crippen molar-refractivity contribution in [3.05, 3.63) is 75.8 Å². The Morgan fingerprint density at radius 2 is 2.10 bits per heavy atom. The van der Waals surface area contributed by atoms with Gasteiger partial charge in [-0.15, -0.1) is 6.58 Å². The largest absolute Gasteiger partial charge is 0.495 e. The van der Waals surface area contributed by atoms with Crippen LogP contribution in [0, 0.1) is 0 Å². The zero-order valence-corrected chi connectivity index (χ0v) is 16.3. The average molecular weight is 409 g/mol. The van der Waals surface area contributed by atoms with Crippen molar-refractivity contribution < 1.29 is 13.6 Å². The summed E-state index contributed by atoms with van der Waals surface area (Å²) in [5.74, 6) is 0.395. The van der Waals surface area contributed by atoms with Crippen LogP contribution in [0.25, 0.3) is 21.9 Å². The first kappa shape index (κ1) is 18.8. The van der Waals surface area contributed by atoms with Gasteiger partial charge >= 0.3 is 0 Å². The fraction of sp³-hybridized carbons (Fsp3) is 0.0909. The molecule has 0 aliphatic heterocycles. The topological polar surface area (TPSA) is 91.0 Å². The van der Waals surface area contributed by atoms with Crippen molar-refractivity contribution in [3.63, 3.8) is 0 Å². The van der Waals surface area contributed by atoms with E-state index in [0.29, 0.717) is 50.5 Å². The number of anilines is 1. The van der Waals surface area contributed by atoms with Crippen LogP contribution in [0.2, 0.25) is 5.02 Å². The number of nitrogens with two attached hydrogens (primary N) is 1. The van der Waals surface area contributed by atoms with E-state index < -0.39 is 0 Å². The summed E-state index contributed by atoms with van der Waals surface area (Å²) in [6, 6.07) is 6.70. The van der Waals surface area contributed by atoms with E-state index in [1.54, 1.807) is 36.6 Å². The predicted octanol–water partition coefficient (Wildman–Crippen LogP) is 5.26. The summed E-state index contributed by atoms with van der Waals surface area (Å²) in [5, 5.41) is 1.53. The maximum Gasteiger partial charge on any atom is 0.205 e. The lowest BCUT2D eigenvalue weighted by molar-refractivity contribution is 0.423. The van der Waals surface area contributed by atoms with Gasteiger partial charge in [0.1, 0.15) is 28.6 Å². The minimum absolute atomic E-state index is 0.262. The van der Waals surface area contributed by atoms with E-state index in [1.165, 1.54) is 19.6 Å². The number of hydrogen-bond acceptors (Lipinski definition) is 6. The molecule has 4 rings (SSSR count). The molecule has 0 aliphatic carbocycles. The molecule has 2 aromatic heterocycles. The van der Waals surface area contributed by atoms with Gasteiger partial charge in [0.25, 0.3) is 0 Å². The molecule has 146 valence electrons. The third kappa shape index (κ3) is 3.17. The zero-order chi connectivity index (χ0) is 20.5. The summed E-state index contributed by atoms with van der Waals surface area (Å²) in [5.41, 5.74) is 8.56. The summed E-state index contributed by atoms with van der Waals surface area (Å²) < 4.78 is 17.0. The number of hydrogen-bond donors (Lipinski definition) is 1. The van der Waals surface area contributed by atoms with Crippen LogP contribution in [0.1, 0.15) is 11.1 Å². The first-order valence-corrected chi connectivity index (χ1v) is 9.14. The molecular weight excluding hydrogens is 392 g/mol. The summed E-state index contributed by atoms with van der Waals surface area (Å²) in [7, 11) is 1.50. The highest BCUT2D eigenvalue weighted by atomic mass is 35.5. The van der Waals surface area contributed by atoms with Crippen molar-refractivity contribution in [1.82, 2.24) is 0 Å². The van der Waals surface area contributed by atoms with Gasteiger partial charge in [-0.25, -0.2) is 0 Å². The van der Waals surface area contributed by atoms with Gasteiger partial charge in [-0.3, -0.25) is 9.79 Å². The second-order valence-electron chi connectivity index (χ2n) is 6.35. The normalized spacial score (nSPS) is 11.5. The van der Waals surface area contributed by atoms with E-state index >= 15 is 0 Å². The van der Waals surface area contributed by atoms with Crippen molar-refractivity contribution in [2.24, 2.45) is 4.99 Å². The molecule has 2 aromatic carbocycles. The first-order chi connectivity index (χ1) is 14.0. The molecule has 0 unspecified atom stereocenters. The van der Waals surface area contributed by atoms with Crippen molar-refractivity contribution in [3.8, 4) is 5.75 Å². The molecule has 0 amide bonds. The van der Waals surface area contributed by atoms with Crippen LogP contribution in [-0.4, -0.2) is 13.3 Å². The molecule has 4 aromatic rings. The van der Waals surface area contributed by atoms with Crippen molar-refractivity contribution in [1.29, 1.82) is 0 Å². The van der Waals surface area contributed by atoms with Gasteiger partial charge < -0.3 is 19.3 Å². The second kappa shape index (κ2) is 7.48. The van der Waals surface area contributed by atoms with Gasteiger partial charge in [0.15, 0.2) is 0 Å². The highest BCUT2D eigenvalue weighted by Gasteiger charge is 2.21. The number of halogens is 1. The number of methoxy groups -OCH3 is 1. The number of rotatable bonds is 5. The Morgan fingerprint density at radius 3 is 2.83 bits per heavy atom. The molecule has 0 bridgehead atoms. The number of nitrogens with zero attached hydrogens (tertiary/aromatic N) is 1. The molecule has 7 heteroatoms. The molecule has 0 fully saturated rings. The van der Waals surface area contributed by atoms with Gasteiger partial charge in [-0.1, -0.05) is 17.7 Å². The molecule has 2 N–H and O–H groups in total. The minimum Gasteiger partial charge on any atom is -0.495 e. The lowest BCUT2D eigenvalue weighted by atomic mass is 10.0. The Kier molecular flexibility index (Phi) is 4.86. The van der Waals surface area contributed by atoms with Crippen LogP contribution < -0.4 is 15.9 Å². The zero-order valence-electron chi connectivity index (χ0n) is 15.6. The summed E-state index contributed by atoms with van der Waals surface area (Å²) in [4.78, 5) is 17.6. The molecule has 6 nitrogen and oxygen atoms in total. The van der Waals surface area contributed by atoms with Crippen LogP contribution in [0.15, 0.2) is 68.1 Å². The monoisotopic (exact) mass is 408 g/mol. The van der Waals surface area contributed by atoms with E-state index in [9.17, 15) is 4.79 Å². The van der Waals surface area contributed by atoms with Crippen LogP contribution >= 0.6 is 11.6 Å². The van der Waals surface area contributed by atoms with E-state index in [4.69, 9.17) is 30.9 Å². The highest BCUT2D eigenvalue weighted by molar-refractivity contribution is 6.31. The summed E-state index contributed by atoms with van der Waals surface area (Å²) >= 11 is 5.91. The molecule has 2 heterocycles. The number of allylic oxidation sites excluding steroid dienone is 1. The Hall–Kier alpha value is -3.51. The number of aliphatic imine (C=N–C) groups is 1. The van der Waals surface area contributed by atoms with Gasteiger partial charge in [0, 0.05) is 16.8 Å². The van der Waals surface area contributed by atoms with E-state index in [0.717, 1.165) is 5.56 Å². The molecule has 0 spiro atoms. The standard InChI is InChI=1S/C22H17ClN2O4/c1-3-4-14-20-15(7-8-28-20)21(27-2)18-19(26)12(11-29-22(14)18)10-25-17-6-5-13(23)9-16(17)24/h3,5-11H,1,4,24H2,2H3. The Labute approximate surface area is 170 Å². The van der Waals surface area contributed by atoms with Gasteiger partial charge in [0.05, 0.1) is 35.7 Å². The molecule has 0 radical (unpaired) electrons.